The maximum atomic E-state index is 10.3. The third-order valence-electron chi connectivity index (χ3n) is 4.48. The molecule has 0 saturated heterocycles. The van der Waals surface area contributed by atoms with Crippen LogP contribution in [-0.4, -0.2) is 25.2 Å². The van der Waals surface area contributed by atoms with Gasteiger partial charge in [-0.1, -0.05) is 66.7 Å². The number of benzene rings is 2. The molecular weight excluding hydrogens is 414 g/mol. The number of pyridine rings is 1. The molecule has 2 N–H and O–H groups in total. The molecule has 5 aromatic rings. The third kappa shape index (κ3) is 3.45. The quantitative estimate of drug-likeness (QED) is 0.362. The SMILES string of the molecule is Oc1nc(-c2cccc(-c3nc(O)c(-c4ccccc4)s3)n2)sc1-c1ccccc1. The first kappa shape index (κ1) is 18.5. The van der Waals surface area contributed by atoms with Crippen molar-refractivity contribution in [3.63, 3.8) is 0 Å². The van der Waals surface area contributed by atoms with Crippen LogP contribution in [0.25, 0.3) is 42.3 Å². The number of hydrogen-bond acceptors (Lipinski definition) is 7. The Morgan fingerprint density at radius 1 is 0.500 bits per heavy atom. The van der Waals surface area contributed by atoms with E-state index in [1.165, 1.54) is 22.7 Å². The van der Waals surface area contributed by atoms with Crippen molar-refractivity contribution in [2.75, 3.05) is 0 Å². The van der Waals surface area contributed by atoms with Crippen LogP contribution in [0.2, 0.25) is 0 Å². The van der Waals surface area contributed by atoms with E-state index < -0.39 is 0 Å². The lowest BCUT2D eigenvalue weighted by Gasteiger charge is -1.99. The van der Waals surface area contributed by atoms with Crippen molar-refractivity contribution >= 4 is 22.7 Å². The minimum atomic E-state index is -0.00772. The molecule has 0 bridgehead atoms. The molecule has 0 fully saturated rings. The van der Waals surface area contributed by atoms with Gasteiger partial charge in [-0.25, -0.2) is 4.98 Å². The molecule has 0 amide bonds. The van der Waals surface area contributed by atoms with Crippen LogP contribution in [0.5, 0.6) is 11.8 Å². The van der Waals surface area contributed by atoms with Crippen LogP contribution >= 0.6 is 22.7 Å². The molecular formula is C23H15N3O2S2. The standard InChI is InChI=1S/C23H15N3O2S2/c27-20-18(14-8-3-1-4-9-14)29-22(25-20)16-12-7-13-17(24-16)23-26-21(28)19(30-23)15-10-5-2-6-11-15/h1-13,27-28H. The highest BCUT2D eigenvalue weighted by molar-refractivity contribution is 7.19. The molecule has 3 aromatic heterocycles. The summed E-state index contributed by atoms with van der Waals surface area (Å²) in [7, 11) is 0. The Hall–Kier alpha value is -3.55. The van der Waals surface area contributed by atoms with Crippen LogP contribution in [0, 0.1) is 0 Å². The first-order chi connectivity index (χ1) is 14.7. The van der Waals surface area contributed by atoms with E-state index in [2.05, 4.69) is 15.0 Å². The molecule has 0 saturated carbocycles. The number of hydrogen-bond donors (Lipinski definition) is 2. The monoisotopic (exact) mass is 429 g/mol. The van der Waals surface area contributed by atoms with Crippen LogP contribution in [0.1, 0.15) is 0 Å². The van der Waals surface area contributed by atoms with E-state index in [0.717, 1.165) is 11.1 Å². The van der Waals surface area contributed by atoms with Gasteiger partial charge in [-0.05, 0) is 23.3 Å². The van der Waals surface area contributed by atoms with Crippen LogP contribution in [0.15, 0.2) is 78.9 Å². The summed E-state index contributed by atoms with van der Waals surface area (Å²) < 4.78 is 0. The van der Waals surface area contributed by atoms with E-state index in [9.17, 15) is 10.2 Å². The molecule has 0 radical (unpaired) electrons. The van der Waals surface area contributed by atoms with Gasteiger partial charge >= 0.3 is 0 Å². The summed E-state index contributed by atoms with van der Waals surface area (Å²) in [5.74, 6) is -0.0154. The van der Waals surface area contributed by atoms with E-state index >= 15 is 0 Å². The second-order valence-electron chi connectivity index (χ2n) is 6.48. The topological polar surface area (TPSA) is 79.1 Å². The summed E-state index contributed by atoms with van der Waals surface area (Å²) in [5, 5.41) is 21.9. The molecule has 0 aliphatic carbocycles. The lowest BCUT2D eigenvalue weighted by atomic mass is 10.2. The Labute approximate surface area is 180 Å². The summed E-state index contributed by atoms with van der Waals surface area (Å²) in [6, 6.07) is 24.9. The number of aromatic nitrogens is 3. The van der Waals surface area contributed by atoms with Crippen molar-refractivity contribution in [3.05, 3.63) is 78.9 Å². The van der Waals surface area contributed by atoms with E-state index in [0.29, 0.717) is 31.2 Å². The van der Waals surface area contributed by atoms with E-state index in [1.54, 1.807) is 0 Å². The maximum absolute atomic E-state index is 10.3. The molecule has 2 aromatic carbocycles. The van der Waals surface area contributed by atoms with Gasteiger partial charge in [-0.2, -0.15) is 9.97 Å². The number of aromatic hydroxyl groups is 2. The number of thiazole rings is 2. The molecule has 0 aliphatic rings. The second-order valence-corrected chi connectivity index (χ2v) is 8.48. The fourth-order valence-corrected chi connectivity index (χ4v) is 4.94. The first-order valence-corrected chi connectivity index (χ1v) is 10.8. The largest absolute Gasteiger partial charge is 0.492 e. The lowest BCUT2D eigenvalue weighted by Crippen LogP contribution is -1.86. The van der Waals surface area contributed by atoms with Crippen molar-refractivity contribution in [3.8, 4) is 54.0 Å². The third-order valence-corrected chi connectivity index (χ3v) is 6.71. The smallest absolute Gasteiger partial charge is 0.230 e. The van der Waals surface area contributed by atoms with Crippen molar-refractivity contribution in [1.82, 2.24) is 15.0 Å². The first-order valence-electron chi connectivity index (χ1n) is 9.17. The molecule has 0 unspecified atom stereocenters. The molecule has 3 heterocycles. The second kappa shape index (κ2) is 7.70. The average molecular weight is 430 g/mol. The van der Waals surface area contributed by atoms with Crippen LogP contribution in [0.4, 0.5) is 0 Å². The Bertz CT molecular complexity index is 1220. The van der Waals surface area contributed by atoms with Crippen molar-refractivity contribution in [2.45, 2.75) is 0 Å². The zero-order chi connectivity index (χ0) is 20.5. The number of nitrogens with zero attached hydrogens (tertiary/aromatic N) is 3. The average Bonchev–Trinajstić information content (AvgIpc) is 3.38. The van der Waals surface area contributed by atoms with Crippen molar-refractivity contribution in [1.29, 1.82) is 0 Å². The van der Waals surface area contributed by atoms with E-state index in [4.69, 9.17) is 0 Å². The minimum absolute atomic E-state index is 0.00772. The Balaban J connectivity index is 1.52. The Morgan fingerprint density at radius 2 is 0.933 bits per heavy atom. The zero-order valence-electron chi connectivity index (χ0n) is 15.6. The predicted molar refractivity (Wildman–Crippen MR) is 121 cm³/mol. The molecule has 0 spiro atoms. The molecule has 0 atom stereocenters. The molecule has 5 rings (SSSR count). The van der Waals surface area contributed by atoms with Gasteiger partial charge in [0.05, 0.1) is 21.1 Å². The van der Waals surface area contributed by atoms with Crippen LogP contribution in [0.3, 0.4) is 0 Å². The summed E-state index contributed by atoms with van der Waals surface area (Å²) in [6.07, 6.45) is 0. The fourth-order valence-electron chi connectivity index (χ4n) is 3.07. The minimum Gasteiger partial charge on any atom is -0.492 e. The van der Waals surface area contributed by atoms with Gasteiger partial charge in [-0.3, -0.25) is 0 Å². The highest BCUT2D eigenvalue weighted by atomic mass is 32.1. The predicted octanol–water partition coefficient (Wildman–Crippen LogP) is 6.07. The van der Waals surface area contributed by atoms with Gasteiger partial charge < -0.3 is 10.2 Å². The molecule has 146 valence electrons. The van der Waals surface area contributed by atoms with Gasteiger partial charge in [0.2, 0.25) is 11.8 Å². The Morgan fingerprint density at radius 3 is 1.37 bits per heavy atom. The highest BCUT2D eigenvalue weighted by Gasteiger charge is 2.17. The number of rotatable bonds is 4. The van der Waals surface area contributed by atoms with Crippen molar-refractivity contribution < 1.29 is 10.2 Å². The van der Waals surface area contributed by atoms with Gasteiger partial charge in [0.25, 0.3) is 0 Å². The molecule has 5 nitrogen and oxygen atoms in total. The van der Waals surface area contributed by atoms with Crippen LogP contribution < -0.4 is 0 Å². The van der Waals surface area contributed by atoms with Crippen molar-refractivity contribution in [2.24, 2.45) is 0 Å². The maximum Gasteiger partial charge on any atom is 0.230 e. The highest BCUT2D eigenvalue weighted by Crippen LogP contribution is 2.41. The molecule has 0 aliphatic heterocycles. The lowest BCUT2D eigenvalue weighted by molar-refractivity contribution is 0.459. The summed E-state index contributed by atoms with van der Waals surface area (Å²) in [6.45, 7) is 0. The molecule has 7 heteroatoms. The van der Waals surface area contributed by atoms with Gasteiger partial charge in [-0.15, -0.1) is 22.7 Å². The van der Waals surface area contributed by atoms with Gasteiger partial charge in [0.15, 0.2) is 0 Å². The summed E-state index contributed by atoms with van der Waals surface area (Å²) >= 11 is 2.77. The summed E-state index contributed by atoms with van der Waals surface area (Å²) in [4.78, 5) is 14.7. The van der Waals surface area contributed by atoms with Gasteiger partial charge in [0, 0.05) is 0 Å². The fraction of sp³-hybridized carbons (Fsp3) is 0. The van der Waals surface area contributed by atoms with Crippen LogP contribution in [-0.2, 0) is 0 Å². The van der Waals surface area contributed by atoms with E-state index in [1.807, 2.05) is 78.9 Å². The van der Waals surface area contributed by atoms with Gasteiger partial charge in [0.1, 0.15) is 10.0 Å². The zero-order valence-corrected chi connectivity index (χ0v) is 17.2. The normalized spacial score (nSPS) is 10.9. The Kier molecular flexibility index (Phi) is 4.74. The molecule has 30 heavy (non-hydrogen) atoms. The van der Waals surface area contributed by atoms with E-state index in [-0.39, 0.29) is 11.8 Å². The summed E-state index contributed by atoms with van der Waals surface area (Å²) in [5.41, 5.74) is 3.11.